The van der Waals surface area contributed by atoms with E-state index in [9.17, 15) is 0 Å². The minimum absolute atomic E-state index is 0. The maximum atomic E-state index is 5.51. The number of hydrogen-bond acceptors (Lipinski definition) is 2. The first-order valence-electron chi connectivity index (χ1n) is 3.33. The van der Waals surface area contributed by atoms with Crippen molar-refractivity contribution in [3.05, 3.63) is 24.0 Å². The Morgan fingerprint density at radius 2 is 2.18 bits per heavy atom. The summed E-state index contributed by atoms with van der Waals surface area (Å²) in [6, 6.07) is 1.90. The third kappa shape index (κ3) is 3.02. The van der Waals surface area contributed by atoms with Crippen LogP contribution in [0.3, 0.4) is 0 Å². The van der Waals surface area contributed by atoms with Gasteiger partial charge in [0.1, 0.15) is 0 Å². The second-order valence-corrected chi connectivity index (χ2v) is 2.62. The minimum Gasteiger partial charge on any atom is -0.418 e. The van der Waals surface area contributed by atoms with Crippen molar-refractivity contribution in [3.63, 3.8) is 0 Å². The topological polar surface area (TPSA) is 38.9 Å². The molecule has 0 bridgehead atoms. The van der Waals surface area contributed by atoms with Gasteiger partial charge in [0.25, 0.3) is 0 Å². The van der Waals surface area contributed by atoms with Crippen LogP contribution in [0.4, 0.5) is 5.69 Å². The van der Waals surface area contributed by atoms with Gasteiger partial charge in [-0.3, -0.25) is 0 Å². The van der Waals surface area contributed by atoms with Crippen molar-refractivity contribution < 1.29 is 21.1 Å². The van der Waals surface area contributed by atoms with E-state index in [4.69, 9.17) is 5.73 Å². The van der Waals surface area contributed by atoms with E-state index in [1.54, 1.807) is 6.20 Å². The third-order valence-corrected chi connectivity index (χ3v) is 1.35. The molecular weight excluding hydrogens is 308 g/mol. The first-order chi connectivity index (χ1) is 4.70. The predicted molar refractivity (Wildman–Crippen MR) is 41.6 cm³/mol. The van der Waals surface area contributed by atoms with E-state index in [1.807, 2.05) is 6.07 Å². The number of nitrogens with two attached hydrogens (primary N) is 1. The summed E-state index contributed by atoms with van der Waals surface area (Å²) in [4.78, 5) is 3.86. The summed E-state index contributed by atoms with van der Waals surface area (Å²) in [6.07, 6.45) is 4.48. The zero-order valence-electron chi connectivity index (χ0n) is 6.66. The quantitative estimate of drug-likeness (QED) is 0.799. The summed E-state index contributed by atoms with van der Waals surface area (Å²) in [6.45, 7) is 4.18. The first kappa shape index (κ1) is 10.6. The predicted octanol–water partition coefficient (Wildman–Crippen LogP) is 1.58. The molecule has 0 unspecified atom stereocenters. The molecule has 60 valence electrons. The van der Waals surface area contributed by atoms with Gasteiger partial charge < -0.3 is 10.7 Å². The van der Waals surface area contributed by atoms with E-state index in [1.165, 1.54) is 0 Å². The van der Waals surface area contributed by atoms with Crippen LogP contribution in [0.2, 0.25) is 0 Å². The number of nitrogens with zero attached hydrogens (tertiary/aromatic N) is 1. The van der Waals surface area contributed by atoms with Gasteiger partial charge in [-0.1, -0.05) is 31.9 Å². The van der Waals surface area contributed by atoms with Crippen molar-refractivity contribution in [3.8, 4) is 0 Å². The van der Waals surface area contributed by atoms with E-state index in [2.05, 4.69) is 25.0 Å². The molecule has 0 aliphatic heterocycles. The molecule has 1 rings (SSSR count). The van der Waals surface area contributed by atoms with Gasteiger partial charge >= 0.3 is 0 Å². The second-order valence-electron chi connectivity index (χ2n) is 2.62. The van der Waals surface area contributed by atoms with Gasteiger partial charge in [-0.25, -0.2) is 0 Å². The molecule has 2 N–H and O–H groups in total. The van der Waals surface area contributed by atoms with Crippen LogP contribution >= 0.6 is 0 Å². The van der Waals surface area contributed by atoms with Crippen molar-refractivity contribution in [1.82, 2.24) is 4.98 Å². The van der Waals surface area contributed by atoms with Gasteiger partial charge in [-0.05, 0) is 5.92 Å². The Morgan fingerprint density at radius 3 is 2.55 bits per heavy atom. The number of aromatic nitrogens is 1. The molecule has 0 aliphatic carbocycles. The van der Waals surface area contributed by atoms with Gasteiger partial charge in [0.15, 0.2) is 0 Å². The Balaban J connectivity index is 0.000001000. The van der Waals surface area contributed by atoms with Crippen molar-refractivity contribution in [2.45, 2.75) is 19.8 Å². The average Bonchev–Trinajstić information content (AvgIpc) is 1.88. The molecule has 11 heavy (non-hydrogen) atoms. The summed E-state index contributed by atoms with van der Waals surface area (Å²) in [5.74, 6) is 0.455. The van der Waals surface area contributed by atoms with Crippen molar-refractivity contribution in [2.24, 2.45) is 0 Å². The molecule has 0 atom stereocenters. The molecule has 0 aromatic carbocycles. The molecule has 0 saturated heterocycles. The van der Waals surface area contributed by atoms with Gasteiger partial charge in [0, 0.05) is 21.1 Å². The normalized spacial score (nSPS) is 9.36. The molecule has 0 fully saturated rings. The van der Waals surface area contributed by atoms with E-state index in [0.717, 1.165) is 5.56 Å². The van der Waals surface area contributed by atoms with E-state index in [0.29, 0.717) is 11.6 Å². The molecule has 0 saturated carbocycles. The monoisotopic (exact) mass is 319 g/mol. The fourth-order valence-electron chi connectivity index (χ4n) is 0.726. The molecule has 1 heterocycles. The van der Waals surface area contributed by atoms with E-state index >= 15 is 0 Å². The molecule has 3 heteroatoms. The number of pyridine rings is 1. The van der Waals surface area contributed by atoms with Crippen molar-refractivity contribution in [1.29, 1.82) is 0 Å². The van der Waals surface area contributed by atoms with Gasteiger partial charge in [0.05, 0.1) is 0 Å². The Morgan fingerprint density at radius 1 is 1.55 bits per heavy atom. The van der Waals surface area contributed by atoms with Crippen LogP contribution < -0.4 is 5.73 Å². The van der Waals surface area contributed by atoms with Crippen LogP contribution in [-0.2, 0) is 21.1 Å². The average molecular weight is 319 g/mol. The molecule has 2 nitrogen and oxygen atoms in total. The van der Waals surface area contributed by atoms with Crippen LogP contribution in [0.5, 0.6) is 0 Å². The summed E-state index contributed by atoms with van der Waals surface area (Å²) >= 11 is 0. The SMILES string of the molecule is CC(C)c1[c-]ncc(N)c1.[W]. The molecule has 1 aromatic heterocycles. The van der Waals surface area contributed by atoms with Crippen LogP contribution in [0.1, 0.15) is 25.3 Å². The zero-order valence-corrected chi connectivity index (χ0v) is 9.60. The fraction of sp³-hybridized carbons (Fsp3) is 0.375. The Bertz CT molecular complexity index is 223. The number of nitrogen functional groups attached to an aromatic ring is 1. The third-order valence-electron chi connectivity index (χ3n) is 1.35. The smallest absolute Gasteiger partial charge is 0 e. The van der Waals surface area contributed by atoms with Crippen LogP contribution in [-0.4, -0.2) is 4.98 Å². The molecular formula is C8H11N2W-. The molecule has 0 aliphatic rings. The van der Waals surface area contributed by atoms with Crippen molar-refractivity contribution in [2.75, 3.05) is 5.73 Å². The summed E-state index contributed by atoms with van der Waals surface area (Å²) in [5, 5.41) is 0. The van der Waals surface area contributed by atoms with E-state index < -0.39 is 0 Å². The van der Waals surface area contributed by atoms with Gasteiger partial charge in [-0.2, -0.15) is 0 Å². The van der Waals surface area contributed by atoms with E-state index in [-0.39, 0.29) is 21.1 Å². The minimum atomic E-state index is 0. The van der Waals surface area contributed by atoms with Gasteiger partial charge in [0.2, 0.25) is 0 Å². The number of anilines is 1. The van der Waals surface area contributed by atoms with Crippen LogP contribution in [0.15, 0.2) is 12.3 Å². The Labute approximate surface area is 81.5 Å². The van der Waals surface area contributed by atoms with Gasteiger partial charge in [-0.15, -0.1) is 11.6 Å². The Kier molecular flexibility index (Phi) is 4.35. The first-order valence-corrected chi connectivity index (χ1v) is 3.33. The summed E-state index contributed by atoms with van der Waals surface area (Å²) in [7, 11) is 0. The standard InChI is InChI=1S/C8H11N2.W/c1-6(2)7-3-8(9)5-10-4-7;/h3,5-6H,9H2,1-2H3;/q-1;. The number of hydrogen-bond donors (Lipinski definition) is 1. The molecule has 1 aromatic rings. The maximum Gasteiger partial charge on any atom is 0 e. The van der Waals surface area contributed by atoms with Crippen molar-refractivity contribution >= 4 is 5.69 Å². The maximum absolute atomic E-state index is 5.51. The second kappa shape index (κ2) is 4.50. The van der Waals surface area contributed by atoms with Crippen LogP contribution in [0, 0.1) is 6.20 Å². The largest absolute Gasteiger partial charge is 0.418 e. The summed E-state index contributed by atoms with van der Waals surface area (Å²) in [5.41, 5.74) is 7.29. The fourth-order valence-corrected chi connectivity index (χ4v) is 0.726. The molecule has 0 spiro atoms. The molecule has 0 amide bonds. The zero-order chi connectivity index (χ0) is 7.56. The summed E-state index contributed by atoms with van der Waals surface area (Å²) < 4.78 is 0. The van der Waals surface area contributed by atoms with Crippen LogP contribution in [0.25, 0.3) is 0 Å². The molecule has 0 radical (unpaired) electrons. The Hall–Kier alpha value is -0.362. The number of rotatable bonds is 1.